The predicted molar refractivity (Wildman–Crippen MR) is 109 cm³/mol. The van der Waals surface area contributed by atoms with Gasteiger partial charge in [0.2, 0.25) is 5.91 Å². The summed E-state index contributed by atoms with van der Waals surface area (Å²) in [6, 6.07) is 7.35. The van der Waals surface area contributed by atoms with E-state index in [0.29, 0.717) is 12.2 Å². The molecule has 0 unspecified atom stereocenters. The molecule has 0 fully saturated rings. The summed E-state index contributed by atoms with van der Waals surface area (Å²) in [5, 5.41) is 16.4. The minimum absolute atomic E-state index is 0.0605. The zero-order valence-corrected chi connectivity index (χ0v) is 18.1. The number of nitrogens with zero attached hydrogens (tertiary/aromatic N) is 4. The maximum absolute atomic E-state index is 12.9. The highest BCUT2D eigenvalue weighted by Crippen LogP contribution is 2.08. The Labute approximate surface area is 180 Å². The minimum Gasteiger partial charge on any atom is -0.467 e. The van der Waals surface area contributed by atoms with Crippen LogP contribution in [0.15, 0.2) is 30.3 Å². The molecule has 31 heavy (non-hydrogen) atoms. The molecule has 1 heterocycles. The van der Waals surface area contributed by atoms with Crippen LogP contribution in [0.4, 0.5) is 4.79 Å². The second kappa shape index (κ2) is 11.6. The maximum Gasteiger partial charge on any atom is 0.408 e. The molecule has 0 saturated carbocycles. The van der Waals surface area contributed by atoms with Crippen molar-refractivity contribution in [3.05, 3.63) is 41.7 Å². The average Bonchev–Trinajstić information content (AvgIpc) is 3.17. The third-order valence-electron chi connectivity index (χ3n) is 4.61. The van der Waals surface area contributed by atoms with Crippen molar-refractivity contribution in [1.82, 2.24) is 30.8 Å². The molecule has 168 valence electrons. The van der Waals surface area contributed by atoms with Gasteiger partial charge in [-0.1, -0.05) is 44.2 Å². The fraction of sp³-hybridized carbons (Fsp3) is 0.500. The smallest absolute Gasteiger partial charge is 0.408 e. The van der Waals surface area contributed by atoms with Crippen molar-refractivity contribution in [3.63, 3.8) is 0 Å². The van der Waals surface area contributed by atoms with E-state index in [2.05, 4.69) is 26.2 Å². The second-order valence-corrected chi connectivity index (χ2v) is 7.27. The largest absolute Gasteiger partial charge is 0.467 e. The highest BCUT2D eigenvalue weighted by molar-refractivity contribution is 5.89. The molecule has 1 aromatic carbocycles. The first kappa shape index (κ1) is 23.8. The van der Waals surface area contributed by atoms with Gasteiger partial charge in [-0.3, -0.25) is 4.79 Å². The number of rotatable bonds is 10. The van der Waals surface area contributed by atoms with Gasteiger partial charge in [0.1, 0.15) is 18.7 Å². The third-order valence-corrected chi connectivity index (χ3v) is 4.61. The molecule has 0 bridgehead atoms. The molecule has 2 atom stereocenters. The SMILES string of the molecule is COC(=O)[C@@H](NC(=O)[C@H](CCc1nnnn1C)NC(=O)OCc1ccccc1)C(C)C. The van der Waals surface area contributed by atoms with Crippen molar-refractivity contribution in [3.8, 4) is 0 Å². The first-order valence-electron chi connectivity index (χ1n) is 9.88. The lowest BCUT2D eigenvalue weighted by Crippen LogP contribution is -2.53. The Morgan fingerprint density at radius 3 is 2.42 bits per heavy atom. The number of tetrazole rings is 1. The predicted octanol–water partition coefficient (Wildman–Crippen LogP) is 0.752. The first-order chi connectivity index (χ1) is 14.8. The Balaban J connectivity index is 2.05. The third kappa shape index (κ3) is 7.36. The number of amides is 2. The highest BCUT2D eigenvalue weighted by atomic mass is 16.5. The summed E-state index contributed by atoms with van der Waals surface area (Å²) in [7, 11) is 2.93. The van der Waals surface area contributed by atoms with Crippen LogP contribution in [0.1, 0.15) is 31.7 Å². The fourth-order valence-electron chi connectivity index (χ4n) is 2.79. The van der Waals surface area contributed by atoms with Crippen LogP contribution in [0.5, 0.6) is 0 Å². The van der Waals surface area contributed by atoms with E-state index < -0.39 is 30.1 Å². The summed E-state index contributed by atoms with van der Waals surface area (Å²) in [5.74, 6) is -0.752. The van der Waals surface area contributed by atoms with Gasteiger partial charge in [0.15, 0.2) is 5.82 Å². The zero-order chi connectivity index (χ0) is 22.8. The number of methoxy groups -OCH3 is 1. The number of hydrogen-bond acceptors (Lipinski definition) is 8. The van der Waals surface area contributed by atoms with Gasteiger partial charge >= 0.3 is 12.1 Å². The van der Waals surface area contributed by atoms with Crippen molar-refractivity contribution < 1.29 is 23.9 Å². The molecule has 11 heteroatoms. The number of benzene rings is 1. The lowest BCUT2D eigenvalue weighted by atomic mass is 10.0. The van der Waals surface area contributed by atoms with Crippen molar-refractivity contribution in [2.24, 2.45) is 13.0 Å². The Kier molecular flexibility index (Phi) is 8.92. The zero-order valence-electron chi connectivity index (χ0n) is 18.1. The molecule has 0 aliphatic rings. The summed E-state index contributed by atoms with van der Waals surface area (Å²) in [6.45, 7) is 3.62. The Hall–Kier alpha value is -3.50. The Morgan fingerprint density at radius 2 is 1.84 bits per heavy atom. The van der Waals surface area contributed by atoms with E-state index >= 15 is 0 Å². The Morgan fingerprint density at radius 1 is 1.13 bits per heavy atom. The van der Waals surface area contributed by atoms with Crippen LogP contribution >= 0.6 is 0 Å². The molecule has 2 rings (SSSR count). The molecule has 0 spiro atoms. The number of aromatic nitrogens is 4. The fourth-order valence-corrected chi connectivity index (χ4v) is 2.79. The molecule has 0 aliphatic carbocycles. The number of carbonyl (C=O) groups excluding carboxylic acids is 3. The minimum atomic E-state index is -0.967. The van der Waals surface area contributed by atoms with E-state index in [4.69, 9.17) is 9.47 Å². The first-order valence-corrected chi connectivity index (χ1v) is 9.88. The van der Waals surface area contributed by atoms with Crippen LogP contribution in [0, 0.1) is 5.92 Å². The van der Waals surface area contributed by atoms with Crippen molar-refractivity contribution in [2.75, 3.05) is 7.11 Å². The van der Waals surface area contributed by atoms with Crippen LogP contribution in [0.2, 0.25) is 0 Å². The Bertz CT molecular complexity index is 870. The lowest BCUT2D eigenvalue weighted by molar-refractivity contribution is -0.146. The van der Waals surface area contributed by atoms with Gasteiger partial charge in [-0.05, 0) is 28.3 Å². The van der Waals surface area contributed by atoms with Gasteiger partial charge in [0.05, 0.1) is 7.11 Å². The summed E-state index contributed by atoms with van der Waals surface area (Å²) in [5.41, 5.74) is 0.814. The average molecular weight is 432 g/mol. The molecule has 1 aromatic heterocycles. The van der Waals surface area contributed by atoms with Gasteiger partial charge in [-0.2, -0.15) is 0 Å². The number of carbonyl (C=O) groups is 3. The molecule has 11 nitrogen and oxygen atoms in total. The van der Waals surface area contributed by atoms with E-state index in [1.54, 1.807) is 20.9 Å². The topological polar surface area (TPSA) is 137 Å². The van der Waals surface area contributed by atoms with E-state index in [-0.39, 0.29) is 18.9 Å². The number of esters is 1. The van der Waals surface area contributed by atoms with Gasteiger partial charge in [0.25, 0.3) is 0 Å². The number of alkyl carbamates (subject to hydrolysis) is 1. The normalized spacial score (nSPS) is 12.7. The van der Waals surface area contributed by atoms with Crippen LogP contribution in [-0.2, 0) is 39.1 Å². The number of nitrogens with one attached hydrogen (secondary N) is 2. The molecule has 2 amide bonds. The molecule has 0 aliphatic heterocycles. The van der Waals surface area contributed by atoms with Crippen molar-refractivity contribution in [2.45, 2.75) is 45.4 Å². The van der Waals surface area contributed by atoms with Gasteiger partial charge in [0, 0.05) is 13.5 Å². The maximum atomic E-state index is 12.9. The molecular weight excluding hydrogens is 404 g/mol. The van der Waals surface area contributed by atoms with Gasteiger partial charge in [-0.25, -0.2) is 14.3 Å². The lowest BCUT2D eigenvalue weighted by Gasteiger charge is -2.24. The second-order valence-electron chi connectivity index (χ2n) is 7.27. The number of ether oxygens (including phenoxy) is 2. The number of aryl methyl sites for hydroxylation is 2. The molecule has 2 aromatic rings. The van der Waals surface area contributed by atoms with Crippen molar-refractivity contribution in [1.29, 1.82) is 0 Å². The van der Waals surface area contributed by atoms with Crippen LogP contribution in [0.3, 0.4) is 0 Å². The monoisotopic (exact) mass is 432 g/mol. The molecule has 2 N–H and O–H groups in total. The van der Waals surface area contributed by atoms with Crippen LogP contribution in [-0.4, -0.2) is 57.4 Å². The van der Waals surface area contributed by atoms with Gasteiger partial charge in [-0.15, -0.1) is 5.10 Å². The molecule has 0 saturated heterocycles. The molecule has 0 radical (unpaired) electrons. The van der Waals surface area contributed by atoms with Crippen LogP contribution in [0.25, 0.3) is 0 Å². The standard InChI is InChI=1S/C20H28N6O5/c1-13(2)17(19(28)30-4)22-18(27)15(10-11-16-23-24-25-26(16)3)21-20(29)31-12-14-8-6-5-7-9-14/h5-9,13,15,17H,10-12H2,1-4H3,(H,21,29)(H,22,27)/t15-,17-/m0/s1. The summed E-state index contributed by atoms with van der Waals surface area (Å²) in [6.07, 6.45) is -0.225. The van der Waals surface area contributed by atoms with Gasteiger partial charge < -0.3 is 20.1 Å². The number of hydrogen-bond donors (Lipinski definition) is 2. The summed E-state index contributed by atoms with van der Waals surface area (Å²) in [4.78, 5) is 37.2. The highest BCUT2D eigenvalue weighted by Gasteiger charge is 2.29. The quantitative estimate of drug-likeness (QED) is 0.525. The summed E-state index contributed by atoms with van der Waals surface area (Å²) >= 11 is 0. The van der Waals surface area contributed by atoms with E-state index in [1.165, 1.54) is 11.8 Å². The molecular formula is C20H28N6O5. The van der Waals surface area contributed by atoms with Crippen LogP contribution < -0.4 is 10.6 Å². The summed E-state index contributed by atoms with van der Waals surface area (Å²) < 4.78 is 11.5. The van der Waals surface area contributed by atoms with Crippen molar-refractivity contribution >= 4 is 18.0 Å². The van der Waals surface area contributed by atoms with E-state index in [0.717, 1.165) is 5.56 Å². The van der Waals surface area contributed by atoms with E-state index in [1.807, 2.05) is 30.3 Å². The van der Waals surface area contributed by atoms with E-state index in [9.17, 15) is 14.4 Å².